The number of aryl methyl sites for hydroxylation is 1. The van der Waals surface area contributed by atoms with Gasteiger partial charge in [-0.2, -0.15) is 0 Å². The summed E-state index contributed by atoms with van der Waals surface area (Å²) in [6.07, 6.45) is 1.80. The third-order valence-electron chi connectivity index (χ3n) is 4.85. The molecule has 1 aliphatic heterocycles. The second-order valence-electron chi connectivity index (χ2n) is 8.54. The lowest BCUT2D eigenvalue weighted by Crippen LogP contribution is -2.36. The van der Waals surface area contributed by atoms with Gasteiger partial charge in [0.2, 0.25) is 0 Å². The molecule has 1 aliphatic rings. The van der Waals surface area contributed by atoms with Crippen LogP contribution in [0.3, 0.4) is 0 Å². The lowest BCUT2D eigenvalue weighted by Gasteiger charge is -2.21. The number of amides is 2. The summed E-state index contributed by atoms with van der Waals surface area (Å²) in [5, 5.41) is 2.73. The Morgan fingerprint density at radius 2 is 1.80 bits per heavy atom. The van der Waals surface area contributed by atoms with Gasteiger partial charge in [-0.1, -0.05) is 42.5 Å². The lowest BCUT2D eigenvalue weighted by molar-refractivity contribution is 0.0636. The lowest BCUT2D eigenvalue weighted by atomic mass is 10.0. The van der Waals surface area contributed by atoms with Gasteiger partial charge < -0.3 is 14.4 Å². The Hall–Kier alpha value is -3.02. The molecule has 160 valence electrons. The smallest absolute Gasteiger partial charge is 0.412 e. The molecule has 0 aromatic heterocycles. The van der Waals surface area contributed by atoms with Crippen molar-refractivity contribution in [1.82, 2.24) is 4.90 Å². The Morgan fingerprint density at radius 3 is 2.47 bits per heavy atom. The van der Waals surface area contributed by atoms with Gasteiger partial charge in [-0.25, -0.2) is 9.59 Å². The molecule has 1 heterocycles. The molecule has 2 aromatic carbocycles. The molecule has 30 heavy (non-hydrogen) atoms. The van der Waals surface area contributed by atoms with Crippen LogP contribution in [0.4, 0.5) is 15.3 Å². The van der Waals surface area contributed by atoms with Crippen LogP contribution in [0.1, 0.15) is 38.3 Å². The van der Waals surface area contributed by atoms with Crippen LogP contribution in [-0.2, 0) is 22.3 Å². The number of nitrogens with one attached hydrogen (secondary N) is 1. The van der Waals surface area contributed by atoms with Crippen LogP contribution in [-0.4, -0.2) is 41.9 Å². The molecule has 0 saturated carbocycles. The highest BCUT2D eigenvalue weighted by Crippen LogP contribution is 2.19. The molecule has 2 amide bonds. The number of hydrogen-bond donors (Lipinski definition) is 1. The summed E-state index contributed by atoms with van der Waals surface area (Å²) in [6, 6.07) is 17.9. The minimum absolute atomic E-state index is 0.0836. The first-order chi connectivity index (χ1) is 14.3. The molecule has 1 atom stereocenters. The van der Waals surface area contributed by atoms with E-state index >= 15 is 0 Å². The van der Waals surface area contributed by atoms with Crippen molar-refractivity contribution < 1.29 is 19.1 Å². The summed E-state index contributed by atoms with van der Waals surface area (Å²) in [4.78, 5) is 25.8. The predicted octanol–water partition coefficient (Wildman–Crippen LogP) is 5.03. The van der Waals surface area contributed by atoms with Crippen LogP contribution >= 0.6 is 0 Å². The van der Waals surface area contributed by atoms with Gasteiger partial charge in [-0.05, 0) is 63.3 Å². The summed E-state index contributed by atoms with van der Waals surface area (Å²) < 4.78 is 10.5. The van der Waals surface area contributed by atoms with E-state index in [0.717, 1.165) is 24.8 Å². The predicted molar refractivity (Wildman–Crippen MR) is 117 cm³/mol. The Bertz CT molecular complexity index is 844. The Morgan fingerprint density at radius 1 is 1.10 bits per heavy atom. The first-order valence-electron chi connectivity index (χ1n) is 10.4. The van der Waals surface area contributed by atoms with Gasteiger partial charge in [0.25, 0.3) is 0 Å². The highest BCUT2D eigenvalue weighted by Gasteiger charge is 2.32. The van der Waals surface area contributed by atoms with Crippen molar-refractivity contribution in [2.75, 3.05) is 18.5 Å². The van der Waals surface area contributed by atoms with Gasteiger partial charge in [0.15, 0.2) is 0 Å². The van der Waals surface area contributed by atoms with Crippen LogP contribution in [0.15, 0.2) is 54.6 Å². The van der Waals surface area contributed by atoms with Gasteiger partial charge in [0, 0.05) is 12.2 Å². The van der Waals surface area contributed by atoms with Gasteiger partial charge in [0.1, 0.15) is 12.2 Å². The van der Waals surface area contributed by atoms with Gasteiger partial charge in [-0.15, -0.1) is 0 Å². The van der Waals surface area contributed by atoms with E-state index in [-0.39, 0.29) is 12.1 Å². The fourth-order valence-electron chi connectivity index (χ4n) is 3.45. The SMILES string of the molecule is CC(C)(C)OC(=O)Nc1ccc(CCCN2C(=O)OC[C@@H]2Cc2ccccc2)cc1. The fraction of sp³-hybridized carbons (Fsp3) is 0.417. The zero-order chi connectivity index (χ0) is 21.6. The average Bonchev–Trinajstić information content (AvgIpc) is 3.02. The molecular weight excluding hydrogens is 380 g/mol. The third kappa shape index (κ3) is 6.51. The van der Waals surface area contributed by atoms with Crippen LogP contribution in [0, 0.1) is 0 Å². The van der Waals surface area contributed by atoms with E-state index in [1.54, 1.807) is 0 Å². The zero-order valence-corrected chi connectivity index (χ0v) is 17.9. The number of nitrogens with zero attached hydrogens (tertiary/aromatic N) is 1. The van der Waals surface area contributed by atoms with Crippen molar-refractivity contribution in [1.29, 1.82) is 0 Å². The third-order valence-corrected chi connectivity index (χ3v) is 4.85. The maximum Gasteiger partial charge on any atom is 0.412 e. The molecule has 1 fully saturated rings. The second-order valence-corrected chi connectivity index (χ2v) is 8.54. The summed E-state index contributed by atoms with van der Waals surface area (Å²) in [5.74, 6) is 0. The minimum atomic E-state index is -0.529. The number of carbonyl (C=O) groups excluding carboxylic acids is 2. The number of benzene rings is 2. The summed E-state index contributed by atoms with van der Waals surface area (Å²) in [6.45, 7) is 6.59. The number of hydrogen-bond acceptors (Lipinski definition) is 4. The van der Waals surface area contributed by atoms with Crippen molar-refractivity contribution in [2.24, 2.45) is 0 Å². The summed E-state index contributed by atoms with van der Waals surface area (Å²) in [5.41, 5.74) is 2.52. The van der Waals surface area contributed by atoms with E-state index in [9.17, 15) is 9.59 Å². The number of rotatable bonds is 7. The zero-order valence-electron chi connectivity index (χ0n) is 17.9. The van der Waals surface area contributed by atoms with Gasteiger partial charge in [-0.3, -0.25) is 5.32 Å². The molecule has 0 radical (unpaired) electrons. The number of cyclic esters (lactones) is 1. The topological polar surface area (TPSA) is 67.9 Å². The minimum Gasteiger partial charge on any atom is -0.447 e. The van der Waals surface area contributed by atoms with Crippen molar-refractivity contribution in [3.05, 3.63) is 65.7 Å². The van der Waals surface area contributed by atoms with Crippen molar-refractivity contribution >= 4 is 17.9 Å². The molecule has 6 heteroatoms. The highest BCUT2D eigenvalue weighted by atomic mass is 16.6. The van der Waals surface area contributed by atoms with E-state index in [4.69, 9.17) is 9.47 Å². The van der Waals surface area contributed by atoms with E-state index in [1.807, 2.05) is 68.1 Å². The molecule has 0 unspecified atom stereocenters. The number of ether oxygens (including phenoxy) is 2. The van der Waals surface area contributed by atoms with Gasteiger partial charge >= 0.3 is 12.2 Å². The van der Waals surface area contributed by atoms with Gasteiger partial charge in [0.05, 0.1) is 6.04 Å². The van der Waals surface area contributed by atoms with Crippen molar-refractivity contribution in [2.45, 2.75) is 51.7 Å². The van der Waals surface area contributed by atoms with Crippen LogP contribution in [0.5, 0.6) is 0 Å². The van der Waals surface area contributed by atoms with E-state index in [1.165, 1.54) is 5.56 Å². The molecule has 0 aliphatic carbocycles. The normalized spacial score (nSPS) is 16.3. The number of carbonyl (C=O) groups is 2. The Balaban J connectivity index is 1.47. The quantitative estimate of drug-likeness (QED) is 0.695. The van der Waals surface area contributed by atoms with Crippen molar-refractivity contribution in [3.63, 3.8) is 0 Å². The van der Waals surface area contributed by atoms with Crippen molar-refractivity contribution in [3.8, 4) is 0 Å². The maximum absolute atomic E-state index is 12.1. The highest BCUT2D eigenvalue weighted by molar-refractivity contribution is 5.84. The molecule has 1 N–H and O–H groups in total. The largest absolute Gasteiger partial charge is 0.447 e. The maximum atomic E-state index is 12.1. The number of anilines is 1. The van der Waals surface area contributed by atoms with Crippen LogP contribution in [0.25, 0.3) is 0 Å². The Labute approximate surface area is 178 Å². The molecule has 6 nitrogen and oxygen atoms in total. The average molecular weight is 411 g/mol. The molecule has 1 saturated heterocycles. The second kappa shape index (κ2) is 9.65. The molecule has 3 rings (SSSR count). The molecular formula is C24H30N2O4. The summed E-state index contributed by atoms with van der Waals surface area (Å²) in [7, 11) is 0. The van der Waals surface area contributed by atoms with E-state index in [2.05, 4.69) is 17.4 Å². The standard InChI is InChI=1S/C24H30N2O4/c1-24(2,3)30-22(27)25-20-13-11-18(12-14-20)10-7-15-26-21(17-29-23(26)28)16-19-8-5-4-6-9-19/h4-6,8-9,11-14,21H,7,10,15-17H2,1-3H3,(H,25,27)/t21-/m0/s1. The monoisotopic (exact) mass is 410 g/mol. The fourth-order valence-corrected chi connectivity index (χ4v) is 3.45. The molecule has 0 spiro atoms. The molecule has 2 aromatic rings. The first-order valence-corrected chi connectivity index (χ1v) is 10.4. The van der Waals surface area contributed by atoms with E-state index in [0.29, 0.717) is 18.8 Å². The van der Waals surface area contributed by atoms with Crippen LogP contribution < -0.4 is 5.32 Å². The van der Waals surface area contributed by atoms with Crippen LogP contribution in [0.2, 0.25) is 0 Å². The Kier molecular flexibility index (Phi) is 6.98. The molecule has 0 bridgehead atoms. The summed E-state index contributed by atoms with van der Waals surface area (Å²) >= 11 is 0. The van der Waals surface area contributed by atoms with E-state index < -0.39 is 11.7 Å². The first kappa shape index (κ1) is 21.7.